The molecule has 2 rings (SSSR count). The van der Waals surface area contributed by atoms with Crippen LogP contribution in [0.5, 0.6) is 0 Å². The summed E-state index contributed by atoms with van der Waals surface area (Å²) in [4.78, 5) is 6.16. The summed E-state index contributed by atoms with van der Waals surface area (Å²) in [5.41, 5.74) is 2.41. The van der Waals surface area contributed by atoms with E-state index in [1.54, 1.807) is 0 Å². The summed E-state index contributed by atoms with van der Waals surface area (Å²) in [6.45, 7) is 1.96. The third kappa shape index (κ3) is 3.26. The van der Waals surface area contributed by atoms with Crippen molar-refractivity contribution < 1.29 is 0 Å². The minimum atomic E-state index is 0.961. The predicted molar refractivity (Wildman–Crippen MR) is 76.1 cm³/mol. The van der Waals surface area contributed by atoms with Crippen molar-refractivity contribution in [3.05, 3.63) is 43.0 Å². The van der Waals surface area contributed by atoms with Crippen LogP contribution >= 0.6 is 0 Å². The van der Waals surface area contributed by atoms with Gasteiger partial charge in [-0.1, -0.05) is 12.1 Å². The fourth-order valence-corrected chi connectivity index (χ4v) is 1.92. The highest BCUT2D eigenvalue weighted by Gasteiger charge is 2.02. The molecule has 0 fully saturated rings. The standard InChI is InChI=1S/C14H20N4/c1-17(2)14-7-4-3-6-13(14)16-8-5-10-18-11-9-15-12-18/h3-4,6-7,9,11-12,16H,5,8,10H2,1-2H3. The summed E-state index contributed by atoms with van der Waals surface area (Å²) in [5.74, 6) is 0. The first-order valence-electron chi connectivity index (χ1n) is 6.23. The zero-order chi connectivity index (χ0) is 12.8. The third-order valence-corrected chi connectivity index (χ3v) is 2.85. The second kappa shape index (κ2) is 6.10. The first kappa shape index (κ1) is 12.5. The number of nitrogens with one attached hydrogen (secondary N) is 1. The second-order valence-corrected chi connectivity index (χ2v) is 4.49. The van der Waals surface area contributed by atoms with E-state index in [9.17, 15) is 0 Å². The summed E-state index contributed by atoms with van der Waals surface area (Å²) >= 11 is 0. The van der Waals surface area contributed by atoms with Crippen LogP contribution in [-0.2, 0) is 6.54 Å². The molecular formula is C14H20N4. The quantitative estimate of drug-likeness (QED) is 0.792. The van der Waals surface area contributed by atoms with Gasteiger partial charge in [0.05, 0.1) is 17.7 Å². The maximum Gasteiger partial charge on any atom is 0.0945 e. The molecule has 0 saturated heterocycles. The molecule has 1 aromatic heterocycles. The maximum atomic E-state index is 4.03. The van der Waals surface area contributed by atoms with Crippen LogP contribution < -0.4 is 10.2 Å². The molecule has 1 heterocycles. The average Bonchev–Trinajstić information content (AvgIpc) is 2.88. The van der Waals surface area contributed by atoms with Crippen molar-refractivity contribution in [2.24, 2.45) is 0 Å². The Bertz CT molecular complexity index is 462. The van der Waals surface area contributed by atoms with Crippen molar-refractivity contribution in [3.63, 3.8) is 0 Å². The van der Waals surface area contributed by atoms with E-state index < -0.39 is 0 Å². The van der Waals surface area contributed by atoms with Crippen molar-refractivity contribution >= 4 is 11.4 Å². The van der Waals surface area contributed by atoms with E-state index in [4.69, 9.17) is 0 Å². The van der Waals surface area contributed by atoms with Gasteiger partial charge in [0.15, 0.2) is 0 Å². The highest BCUT2D eigenvalue weighted by molar-refractivity contribution is 5.69. The fraction of sp³-hybridized carbons (Fsp3) is 0.357. The van der Waals surface area contributed by atoms with Crippen molar-refractivity contribution in [1.82, 2.24) is 9.55 Å². The van der Waals surface area contributed by atoms with E-state index in [0.717, 1.165) is 19.5 Å². The SMILES string of the molecule is CN(C)c1ccccc1NCCCn1ccnc1. The predicted octanol–water partition coefficient (Wildman–Crippen LogP) is 2.45. The number of aryl methyl sites for hydroxylation is 1. The van der Waals surface area contributed by atoms with E-state index in [1.807, 2.05) is 18.7 Å². The highest BCUT2D eigenvalue weighted by atomic mass is 15.1. The zero-order valence-corrected chi connectivity index (χ0v) is 11.0. The Morgan fingerprint density at radius 2 is 2.11 bits per heavy atom. The summed E-state index contributed by atoms with van der Waals surface area (Å²) in [5, 5.41) is 3.48. The molecule has 1 N–H and O–H groups in total. The van der Waals surface area contributed by atoms with Crippen LogP contribution in [-0.4, -0.2) is 30.2 Å². The van der Waals surface area contributed by atoms with Gasteiger partial charge in [-0.15, -0.1) is 0 Å². The minimum Gasteiger partial charge on any atom is -0.383 e. The number of aromatic nitrogens is 2. The molecule has 0 aliphatic carbocycles. The van der Waals surface area contributed by atoms with Crippen LogP contribution in [0, 0.1) is 0 Å². The summed E-state index contributed by atoms with van der Waals surface area (Å²) < 4.78 is 2.10. The molecule has 0 unspecified atom stereocenters. The Balaban J connectivity index is 1.83. The van der Waals surface area contributed by atoms with Gasteiger partial charge in [-0.05, 0) is 18.6 Å². The molecule has 4 nitrogen and oxygen atoms in total. The molecule has 0 bridgehead atoms. The monoisotopic (exact) mass is 244 g/mol. The first-order valence-corrected chi connectivity index (χ1v) is 6.23. The summed E-state index contributed by atoms with van der Waals surface area (Å²) in [6, 6.07) is 8.36. The maximum absolute atomic E-state index is 4.03. The van der Waals surface area contributed by atoms with Crippen LogP contribution in [0.1, 0.15) is 6.42 Å². The molecule has 0 spiro atoms. The zero-order valence-electron chi connectivity index (χ0n) is 11.0. The van der Waals surface area contributed by atoms with E-state index in [0.29, 0.717) is 0 Å². The number of hydrogen-bond donors (Lipinski definition) is 1. The molecule has 2 aromatic rings. The largest absolute Gasteiger partial charge is 0.383 e. The van der Waals surface area contributed by atoms with Crippen LogP contribution in [0.15, 0.2) is 43.0 Å². The Kier molecular flexibility index (Phi) is 4.23. The van der Waals surface area contributed by atoms with Gasteiger partial charge in [0.2, 0.25) is 0 Å². The van der Waals surface area contributed by atoms with Gasteiger partial charge in [0.25, 0.3) is 0 Å². The molecule has 96 valence electrons. The van der Waals surface area contributed by atoms with Crippen LogP contribution in [0.25, 0.3) is 0 Å². The normalized spacial score (nSPS) is 10.3. The molecule has 0 radical (unpaired) electrons. The lowest BCUT2D eigenvalue weighted by Crippen LogP contribution is -2.13. The lowest BCUT2D eigenvalue weighted by atomic mass is 10.2. The van der Waals surface area contributed by atoms with Gasteiger partial charge >= 0.3 is 0 Å². The molecule has 0 aliphatic heterocycles. The molecule has 0 saturated carbocycles. The van der Waals surface area contributed by atoms with Crippen molar-refractivity contribution in [2.45, 2.75) is 13.0 Å². The van der Waals surface area contributed by atoms with Crippen LogP contribution in [0.3, 0.4) is 0 Å². The fourth-order valence-electron chi connectivity index (χ4n) is 1.92. The third-order valence-electron chi connectivity index (χ3n) is 2.85. The lowest BCUT2D eigenvalue weighted by molar-refractivity contribution is 0.661. The van der Waals surface area contributed by atoms with E-state index in [-0.39, 0.29) is 0 Å². The smallest absolute Gasteiger partial charge is 0.0945 e. The number of anilines is 2. The van der Waals surface area contributed by atoms with Gasteiger partial charge < -0.3 is 14.8 Å². The van der Waals surface area contributed by atoms with Crippen molar-refractivity contribution in [2.75, 3.05) is 30.9 Å². The van der Waals surface area contributed by atoms with Crippen LogP contribution in [0.4, 0.5) is 11.4 Å². The minimum absolute atomic E-state index is 0.961. The molecule has 1 aromatic carbocycles. The van der Waals surface area contributed by atoms with Gasteiger partial charge in [0.1, 0.15) is 0 Å². The molecule has 4 heteroatoms. The molecular weight excluding hydrogens is 224 g/mol. The number of para-hydroxylation sites is 2. The Morgan fingerprint density at radius 1 is 1.28 bits per heavy atom. The van der Waals surface area contributed by atoms with Gasteiger partial charge in [-0.2, -0.15) is 0 Å². The number of rotatable bonds is 6. The number of imidazole rings is 1. The molecule has 18 heavy (non-hydrogen) atoms. The average molecular weight is 244 g/mol. The number of nitrogens with zero attached hydrogens (tertiary/aromatic N) is 3. The lowest BCUT2D eigenvalue weighted by Gasteiger charge is -2.18. The highest BCUT2D eigenvalue weighted by Crippen LogP contribution is 2.23. The Hall–Kier alpha value is -1.97. The van der Waals surface area contributed by atoms with Crippen molar-refractivity contribution in [3.8, 4) is 0 Å². The molecule has 0 amide bonds. The first-order chi connectivity index (χ1) is 8.77. The summed E-state index contributed by atoms with van der Waals surface area (Å²) in [7, 11) is 4.12. The second-order valence-electron chi connectivity index (χ2n) is 4.49. The van der Waals surface area contributed by atoms with E-state index >= 15 is 0 Å². The van der Waals surface area contributed by atoms with E-state index in [1.165, 1.54) is 11.4 Å². The van der Waals surface area contributed by atoms with Crippen LogP contribution in [0.2, 0.25) is 0 Å². The molecule has 0 atom stereocenters. The topological polar surface area (TPSA) is 33.1 Å². The molecule has 0 aliphatic rings. The van der Waals surface area contributed by atoms with Gasteiger partial charge in [0, 0.05) is 39.6 Å². The summed E-state index contributed by atoms with van der Waals surface area (Å²) in [6.07, 6.45) is 6.74. The van der Waals surface area contributed by atoms with Gasteiger partial charge in [-0.25, -0.2) is 4.98 Å². The number of benzene rings is 1. The number of hydrogen-bond acceptors (Lipinski definition) is 3. The van der Waals surface area contributed by atoms with Crippen molar-refractivity contribution in [1.29, 1.82) is 0 Å². The van der Waals surface area contributed by atoms with Gasteiger partial charge in [-0.3, -0.25) is 0 Å². The van der Waals surface area contributed by atoms with E-state index in [2.05, 4.69) is 58.1 Å². The Labute approximate surface area is 108 Å². The Morgan fingerprint density at radius 3 is 2.83 bits per heavy atom.